The third kappa shape index (κ3) is 5.08. The van der Waals surface area contributed by atoms with Gasteiger partial charge in [-0.05, 0) is 50.1 Å². The lowest BCUT2D eigenvalue weighted by Gasteiger charge is -2.23. The summed E-state index contributed by atoms with van der Waals surface area (Å²) in [7, 11) is 0. The maximum atomic E-state index is 8.69. The minimum Gasteiger partial charge on any atom is -0.492 e. The second-order valence-electron chi connectivity index (χ2n) is 5.39. The zero-order chi connectivity index (χ0) is 14.9. The lowest BCUT2D eigenvalue weighted by molar-refractivity contribution is 0.193. The number of benzene rings is 1. The van der Waals surface area contributed by atoms with Gasteiger partial charge < -0.3 is 9.84 Å². The van der Waals surface area contributed by atoms with Gasteiger partial charge in [-0.3, -0.25) is 4.90 Å². The van der Waals surface area contributed by atoms with E-state index in [1.54, 1.807) is 0 Å². The number of nitrogens with zero attached hydrogens (tertiary/aromatic N) is 1. The molecule has 0 spiro atoms. The molecule has 1 N–H and O–H groups in total. The Hall–Kier alpha value is -1.50. The van der Waals surface area contributed by atoms with Gasteiger partial charge in [-0.15, -0.1) is 0 Å². The standard InChI is InChI=1S/C18H25NO2/c1-2-17-7-5-12-19(17)13-15-21-18-10-8-16(9-11-18)6-3-4-14-20/h8-11,17,20H,2,4-5,7,12-15H2,1H3. The highest BCUT2D eigenvalue weighted by Crippen LogP contribution is 2.19. The van der Waals surface area contributed by atoms with E-state index in [4.69, 9.17) is 9.84 Å². The van der Waals surface area contributed by atoms with Crippen molar-refractivity contribution in [1.29, 1.82) is 0 Å². The number of hydrogen-bond acceptors (Lipinski definition) is 3. The highest BCUT2D eigenvalue weighted by Gasteiger charge is 2.21. The fourth-order valence-electron chi connectivity index (χ4n) is 2.79. The zero-order valence-corrected chi connectivity index (χ0v) is 12.8. The van der Waals surface area contributed by atoms with E-state index in [0.29, 0.717) is 6.42 Å². The van der Waals surface area contributed by atoms with Crippen LogP contribution in [0, 0.1) is 11.8 Å². The Balaban J connectivity index is 1.75. The molecular weight excluding hydrogens is 262 g/mol. The van der Waals surface area contributed by atoms with Crippen LogP contribution in [0.4, 0.5) is 0 Å². The second-order valence-corrected chi connectivity index (χ2v) is 5.39. The summed E-state index contributed by atoms with van der Waals surface area (Å²) in [6, 6.07) is 8.60. The van der Waals surface area contributed by atoms with E-state index in [1.165, 1.54) is 25.8 Å². The van der Waals surface area contributed by atoms with Crippen LogP contribution in [0.1, 0.15) is 38.2 Å². The van der Waals surface area contributed by atoms with Crippen molar-refractivity contribution in [2.24, 2.45) is 0 Å². The summed E-state index contributed by atoms with van der Waals surface area (Å²) in [6.45, 7) is 5.34. The van der Waals surface area contributed by atoms with Crippen molar-refractivity contribution < 1.29 is 9.84 Å². The summed E-state index contributed by atoms with van der Waals surface area (Å²) < 4.78 is 5.81. The Morgan fingerprint density at radius 3 is 2.86 bits per heavy atom. The number of aliphatic hydroxyl groups is 1. The van der Waals surface area contributed by atoms with E-state index in [0.717, 1.165) is 30.5 Å². The Morgan fingerprint density at radius 2 is 2.14 bits per heavy atom. The minimum absolute atomic E-state index is 0.115. The van der Waals surface area contributed by atoms with Gasteiger partial charge >= 0.3 is 0 Å². The van der Waals surface area contributed by atoms with E-state index < -0.39 is 0 Å². The molecule has 2 rings (SSSR count). The van der Waals surface area contributed by atoms with Crippen molar-refractivity contribution in [3.63, 3.8) is 0 Å². The van der Waals surface area contributed by atoms with Gasteiger partial charge in [0.1, 0.15) is 12.4 Å². The molecule has 1 atom stereocenters. The summed E-state index contributed by atoms with van der Waals surface area (Å²) in [5, 5.41) is 8.69. The molecule has 1 fully saturated rings. The maximum absolute atomic E-state index is 8.69. The highest BCUT2D eigenvalue weighted by molar-refractivity contribution is 5.38. The number of rotatable bonds is 6. The maximum Gasteiger partial charge on any atom is 0.119 e. The minimum atomic E-state index is 0.115. The van der Waals surface area contributed by atoms with Gasteiger partial charge in [-0.2, -0.15) is 0 Å². The molecule has 1 unspecified atom stereocenters. The lowest BCUT2D eigenvalue weighted by atomic mass is 10.2. The molecule has 21 heavy (non-hydrogen) atoms. The van der Waals surface area contributed by atoms with Crippen molar-refractivity contribution in [3.8, 4) is 17.6 Å². The Kier molecular flexibility index (Phi) is 6.59. The number of hydrogen-bond donors (Lipinski definition) is 1. The Morgan fingerprint density at radius 1 is 1.33 bits per heavy atom. The molecule has 0 radical (unpaired) electrons. The van der Waals surface area contributed by atoms with Gasteiger partial charge in [-0.25, -0.2) is 0 Å². The van der Waals surface area contributed by atoms with E-state index in [9.17, 15) is 0 Å². The van der Waals surface area contributed by atoms with Crippen LogP contribution < -0.4 is 4.74 Å². The molecule has 0 bridgehead atoms. The number of ether oxygens (including phenoxy) is 1. The van der Waals surface area contributed by atoms with Crippen LogP contribution in [0.25, 0.3) is 0 Å². The van der Waals surface area contributed by atoms with Gasteiger partial charge in [0.15, 0.2) is 0 Å². The molecular formula is C18H25NO2. The van der Waals surface area contributed by atoms with Crippen LogP contribution in [0.5, 0.6) is 5.75 Å². The molecule has 3 heteroatoms. The first kappa shape index (κ1) is 15.9. The van der Waals surface area contributed by atoms with Gasteiger partial charge in [0, 0.05) is 24.6 Å². The SMILES string of the molecule is CCC1CCCN1CCOc1ccc(C#CCCO)cc1. The monoisotopic (exact) mass is 287 g/mol. The van der Waals surface area contributed by atoms with Crippen molar-refractivity contribution in [2.45, 2.75) is 38.6 Å². The van der Waals surface area contributed by atoms with Crippen molar-refractivity contribution in [1.82, 2.24) is 4.90 Å². The molecule has 3 nitrogen and oxygen atoms in total. The molecule has 1 aromatic rings. The molecule has 1 saturated heterocycles. The van der Waals surface area contributed by atoms with Crippen LogP contribution in [0.2, 0.25) is 0 Å². The van der Waals surface area contributed by atoms with Crippen LogP contribution in [0.3, 0.4) is 0 Å². The molecule has 1 heterocycles. The molecule has 1 aromatic carbocycles. The Bertz CT molecular complexity index is 472. The lowest BCUT2D eigenvalue weighted by Crippen LogP contribution is -2.32. The first-order valence-corrected chi connectivity index (χ1v) is 7.90. The fraction of sp³-hybridized carbons (Fsp3) is 0.556. The van der Waals surface area contributed by atoms with E-state index >= 15 is 0 Å². The molecule has 0 aliphatic carbocycles. The smallest absolute Gasteiger partial charge is 0.119 e. The molecule has 0 amide bonds. The predicted octanol–water partition coefficient (Wildman–Crippen LogP) is 2.67. The van der Waals surface area contributed by atoms with Gasteiger partial charge in [0.2, 0.25) is 0 Å². The predicted molar refractivity (Wildman–Crippen MR) is 85.4 cm³/mol. The average molecular weight is 287 g/mol. The summed E-state index contributed by atoms with van der Waals surface area (Å²) in [5.41, 5.74) is 0.960. The fourth-order valence-corrected chi connectivity index (χ4v) is 2.79. The summed E-state index contributed by atoms with van der Waals surface area (Å²) in [4.78, 5) is 2.54. The zero-order valence-electron chi connectivity index (χ0n) is 12.8. The quantitative estimate of drug-likeness (QED) is 0.817. The molecule has 0 saturated carbocycles. The van der Waals surface area contributed by atoms with Crippen LogP contribution in [-0.4, -0.2) is 42.4 Å². The van der Waals surface area contributed by atoms with E-state index in [1.807, 2.05) is 24.3 Å². The Labute approximate surface area is 127 Å². The largest absolute Gasteiger partial charge is 0.492 e. The van der Waals surface area contributed by atoms with Crippen molar-refractivity contribution >= 4 is 0 Å². The van der Waals surface area contributed by atoms with Crippen molar-refractivity contribution in [2.75, 3.05) is 26.3 Å². The van der Waals surface area contributed by atoms with Gasteiger partial charge in [-0.1, -0.05) is 18.8 Å². The van der Waals surface area contributed by atoms with E-state index in [-0.39, 0.29) is 6.61 Å². The summed E-state index contributed by atoms with van der Waals surface area (Å²) in [5.74, 6) is 6.83. The number of aliphatic hydroxyl groups excluding tert-OH is 1. The first-order valence-electron chi connectivity index (χ1n) is 7.90. The van der Waals surface area contributed by atoms with Crippen LogP contribution in [0.15, 0.2) is 24.3 Å². The third-order valence-corrected chi connectivity index (χ3v) is 3.94. The molecule has 0 aromatic heterocycles. The first-order chi connectivity index (χ1) is 10.3. The van der Waals surface area contributed by atoms with Gasteiger partial charge in [0.25, 0.3) is 0 Å². The summed E-state index contributed by atoms with van der Waals surface area (Å²) >= 11 is 0. The second kappa shape index (κ2) is 8.71. The average Bonchev–Trinajstić information content (AvgIpc) is 2.97. The van der Waals surface area contributed by atoms with Crippen molar-refractivity contribution in [3.05, 3.63) is 29.8 Å². The van der Waals surface area contributed by atoms with Gasteiger partial charge in [0.05, 0.1) is 6.61 Å². The van der Waals surface area contributed by atoms with Crippen LogP contribution >= 0.6 is 0 Å². The van der Waals surface area contributed by atoms with Crippen LogP contribution in [-0.2, 0) is 0 Å². The third-order valence-electron chi connectivity index (χ3n) is 3.94. The highest BCUT2D eigenvalue weighted by atomic mass is 16.5. The number of likely N-dealkylation sites (tertiary alicyclic amines) is 1. The molecule has 114 valence electrons. The molecule has 1 aliphatic heterocycles. The normalized spacial score (nSPS) is 18.3. The summed E-state index contributed by atoms with van der Waals surface area (Å²) in [6.07, 6.45) is 4.41. The molecule has 1 aliphatic rings. The topological polar surface area (TPSA) is 32.7 Å². The van der Waals surface area contributed by atoms with E-state index in [2.05, 4.69) is 23.7 Å².